The lowest BCUT2D eigenvalue weighted by Gasteiger charge is -2.24. The van der Waals surface area contributed by atoms with Crippen molar-refractivity contribution < 1.29 is 13.2 Å². The van der Waals surface area contributed by atoms with Crippen LogP contribution in [0.25, 0.3) is 0 Å². The maximum atomic E-state index is 12.3. The first-order valence-electron chi connectivity index (χ1n) is 6.89. The van der Waals surface area contributed by atoms with Crippen LogP contribution in [-0.4, -0.2) is 49.8 Å². The Kier molecular flexibility index (Phi) is 5.17. The highest BCUT2D eigenvalue weighted by Crippen LogP contribution is 2.27. The third-order valence-electron chi connectivity index (χ3n) is 3.40. The Hall–Kier alpha value is -1.19. The van der Waals surface area contributed by atoms with Gasteiger partial charge in [0.2, 0.25) is 0 Å². The maximum Gasteiger partial charge on any atom is 0.303 e. The number of carbonyl (C=O) groups excluding carboxylic acids is 1. The topological polar surface area (TPSA) is 82.6 Å². The fourth-order valence-electron chi connectivity index (χ4n) is 2.33. The summed E-state index contributed by atoms with van der Waals surface area (Å²) in [4.78, 5) is 18.4. The first kappa shape index (κ1) is 16.2. The molecule has 1 atom stereocenters. The lowest BCUT2D eigenvalue weighted by molar-refractivity contribution is -0.120. The second kappa shape index (κ2) is 6.71. The van der Waals surface area contributed by atoms with Gasteiger partial charge in [0.15, 0.2) is 5.13 Å². The van der Waals surface area contributed by atoms with Gasteiger partial charge in [0.05, 0.1) is 0 Å². The molecular formula is C12H20N4O3S2. The molecule has 1 saturated heterocycles. The van der Waals surface area contributed by atoms with Gasteiger partial charge in [-0.05, 0) is 19.3 Å². The molecule has 1 aliphatic heterocycles. The summed E-state index contributed by atoms with van der Waals surface area (Å²) in [6, 6.07) is -0.471. The quantitative estimate of drug-likeness (QED) is 0.834. The minimum Gasteiger partial charge on any atom is -0.336 e. The Labute approximate surface area is 129 Å². The first-order valence-corrected chi connectivity index (χ1v) is 9.21. The molecule has 0 unspecified atom stereocenters. The fraction of sp³-hybridized carbons (Fsp3) is 0.667. The number of aromatic nitrogens is 1. The summed E-state index contributed by atoms with van der Waals surface area (Å²) in [6.07, 6.45) is 3.86. The Morgan fingerprint density at radius 3 is 3.00 bits per heavy atom. The zero-order valence-electron chi connectivity index (χ0n) is 12.2. The van der Waals surface area contributed by atoms with E-state index in [4.69, 9.17) is 0 Å². The molecule has 0 aliphatic carbocycles. The van der Waals surface area contributed by atoms with Crippen molar-refractivity contribution in [3.8, 4) is 0 Å². The van der Waals surface area contributed by atoms with Crippen molar-refractivity contribution in [1.29, 1.82) is 0 Å². The number of thiazole rings is 1. The molecule has 0 bridgehead atoms. The van der Waals surface area contributed by atoms with E-state index in [0.717, 1.165) is 22.4 Å². The molecule has 1 N–H and O–H groups in total. The second-order valence-corrected chi connectivity index (χ2v) is 7.61. The summed E-state index contributed by atoms with van der Waals surface area (Å²) < 4.78 is 27.4. The number of hydrogen-bond donors (Lipinski definition) is 1. The summed E-state index contributed by atoms with van der Waals surface area (Å²) >= 11 is 1.45. The van der Waals surface area contributed by atoms with E-state index < -0.39 is 22.2 Å². The van der Waals surface area contributed by atoms with Crippen LogP contribution in [0, 0.1) is 0 Å². The standard InChI is InChI=1S/C12H20N4O3S2/c1-3-7-15(2)21(18,19)14-11(17)10-5-4-8-16(10)12-13-6-9-20-12/h6,9-10H,3-5,7-8H2,1-2H3,(H,14,17)/t10-/m1/s1. The van der Waals surface area contributed by atoms with Gasteiger partial charge in [-0.1, -0.05) is 6.92 Å². The van der Waals surface area contributed by atoms with Crippen molar-refractivity contribution >= 4 is 32.6 Å². The van der Waals surface area contributed by atoms with Crippen LogP contribution in [0.5, 0.6) is 0 Å². The predicted molar refractivity (Wildman–Crippen MR) is 82.5 cm³/mol. The number of rotatable bonds is 6. The third-order valence-corrected chi connectivity index (χ3v) is 5.67. The number of hydrogen-bond acceptors (Lipinski definition) is 6. The Morgan fingerprint density at radius 2 is 2.38 bits per heavy atom. The molecule has 21 heavy (non-hydrogen) atoms. The minimum absolute atomic E-state index is 0.378. The van der Waals surface area contributed by atoms with Gasteiger partial charge in [-0.15, -0.1) is 11.3 Å². The van der Waals surface area contributed by atoms with E-state index in [9.17, 15) is 13.2 Å². The summed E-state index contributed by atoms with van der Waals surface area (Å²) in [6.45, 7) is 2.98. The first-order chi connectivity index (χ1) is 9.95. The monoisotopic (exact) mass is 332 g/mol. The van der Waals surface area contributed by atoms with Gasteiger partial charge in [-0.2, -0.15) is 12.7 Å². The Morgan fingerprint density at radius 1 is 1.62 bits per heavy atom. The summed E-state index contributed by atoms with van der Waals surface area (Å²) in [5.41, 5.74) is 0. The van der Waals surface area contributed by atoms with Gasteiger partial charge in [-0.25, -0.2) is 9.71 Å². The van der Waals surface area contributed by atoms with Crippen molar-refractivity contribution in [1.82, 2.24) is 14.0 Å². The van der Waals surface area contributed by atoms with Crippen molar-refractivity contribution in [2.45, 2.75) is 32.2 Å². The Balaban J connectivity index is 2.06. The van der Waals surface area contributed by atoms with Crippen molar-refractivity contribution in [3.63, 3.8) is 0 Å². The van der Waals surface area contributed by atoms with E-state index in [1.165, 1.54) is 18.4 Å². The molecule has 1 fully saturated rings. The van der Waals surface area contributed by atoms with E-state index in [1.54, 1.807) is 6.20 Å². The van der Waals surface area contributed by atoms with Crippen molar-refractivity contribution in [2.24, 2.45) is 0 Å². The molecule has 2 rings (SSSR count). The number of nitrogens with zero attached hydrogens (tertiary/aromatic N) is 3. The lowest BCUT2D eigenvalue weighted by atomic mass is 10.2. The van der Waals surface area contributed by atoms with Gasteiger partial charge in [0.25, 0.3) is 5.91 Å². The molecule has 0 aromatic carbocycles. The smallest absolute Gasteiger partial charge is 0.303 e. The zero-order valence-corrected chi connectivity index (χ0v) is 13.8. The van der Waals surface area contributed by atoms with Crippen molar-refractivity contribution in [3.05, 3.63) is 11.6 Å². The van der Waals surface area contributed by atoms with Crippen LogP contribution >= 0.6 is 11.3 Å². The molecule has 1 aliphatic rings. The van der Waals surface area contributed by atoms with Crippen LogP contribution in [0.1, 0.15) is 26.2 Å². The number of carbonyl (C=O) groups is 1. The van der Waals surface area contributed by atoms with Gasteiger partial charge in [-0.3, -0.25) is 4.79 Å². The highest BCUT2D eigenvalue weighted by molar-refractivity contribution is 7.87. The highest BCUT2D eigenvalue weighted by atomic mass is 32.2. The summed E-state index contributed by atoms with van der Waals surface area (Å²) in [7, 11) is -2.30. The molecule has 0 saturated carbocycles. The van der Waals surface area contributed by atoms with Crippen LogP contribution in [-0.2, 0) is 15.0 Å². The van der Waals surface area contributed by atoms with E-state index >= 15 is 0 Å². The molecule has 7 nitrogen and oxygen atoms in total. The number of anilines is 1. The van der Waals surface area contributed by atoms with E-state index in [0.29, 0.717) is 19.4 Å². The van der Waals surface area contributed by atoms with E-state index in [-0.39, 0.29) is 0 Å². The van der Waals surface area contributed by atoms with Gasteiger partial charge in [0.1, 0.15) is 6.04 Å². The second-order valence-electron chi connectivity index (χ2n) is 4.96. The molecule has 1 aromatic heterocycles. The molecule has 118 valence electrons. The fourth-order valence-corrected chi connectivity index (χ4v) is 4.02. The van der Waals surface area contributed by atoms with Crippen molar-refractivity contribution in [2.75, 3.05) is 25.0 Å². The van der Waals surface area contributed by atoms with Gasteiger partial charge < -0.3 is 4.90 Å². The van der Waals surface area contributed by atoms with Gasteiger partial charge >= 0.3 is 10.2 Å². The average molecular weight is 332 g/mol. The third kappa shape index (κ3) is 3.72. The Bertz CT molecular complexity index is 573. The van der Waals surface area contributed by atoms with Gasteiger partial charge in [0, 0.05) is 31.7 Å². The predicted octanol–water partition coefficient (Wildman–Crippen LogP) is 0.815. The largest absolute Gasteiger partial charge is 0.336 e. The van der Waals surface area contributed by atoms with E-state index in [1.807, 2.05) is 17.2 Å². The number of amides is 1. The van der Waals surface area contributed by atoms with Crippen LogP contribution < -0.4 is 9.62 Å². The molecule has 0 spiro atoms. The minimum atomic E-state index is -3.76. The average Bonchev–Trinajstić information content (AvgIpc) is 3.09. The highest BCUT2D eigenvalue weighted by Gasteiger charge is 2.34. The van der Waals surface area contributed by atoms with Crippen LogP contribution in [0.3, 0.4) is 0 Å². The normalized spacial score (nSPS) is 19.2. The van der Waals surface area contributed by atoms with Crippen LogP contribution in [0.2, 0.25) is 0 Å². The molecule has 1 aromatic rings. The lowest BCUT2D eigenvalue weighted by Crippen LogP contribution is -2.49. The molecular weight excluding hydrogens is 312 g/mol. The van der Waals surface area contributed by atoms with Crippen LogP contribution in [0.4, 0.5) is 5.13 Å². The number of nitrogens with one attached hydrogen (secondary N) is 1. The summed E-state index contributed by atoms with van der Waals surface area (Å²) in [5.74, 6) is -0.481. The molecule has 0 radical (unpaired) electrons. The maximum absolute atomic E-state index is 12.3. The SMILES string of the molecule is CCCN(C)S(=O)(=O)NC(=O)[C@H]1CCCN1c1nccs1. The van der Waals surface area contributed by atoms with E-state index in [2.05, 4.69) is 9.71 Å². The summed E-state index contributed by atoms with van der Waals surface area (Å²) in [5, 5.41) is 2.60. The molecule has 1 amide bonds. The van der Waals surface area contributed by atoms with Crippen LogP contribution in [0.15, 0.2) is 11.6 Å². The molecule has 2 heterocycles. The molecule has 9 heteroatoms. The zero-order chi connectivity index (χ0) is 15.5.